The lowest BCUT2D eigenvalue weighted by molar-refractivity contribution is 0.438. The largest absolute Gasteiger partial charge is 0.423 e. The Morgan fingerprint density at radius 1 is 1.14 bits per heavy atom. The van der Waals surface area contributed by atoms with Gasteiger partial charge in [-0.25, -0.2) is 0 Å². The number of nitrogens with one attached hydrogen (secondary N) is 1. The van der Waals surface area contributed by atoms with E-state index in [-0.39, 0.29) is 0 Å². The van der Waals surface area contributed by atoms with Crippen LogP contribution in [0.4, 0.5) is 11.5 Å². The SMILES string of the molecule is CNc1cccc2c1Cc1nc(Oc3cccnc3)nc(N3CC4C(N)C4C3)c1-2. The lowest BCUT2D eigenvalue weighted by Crippen LogP contribution is -2.29. The van der Waals surface area contributed by atoms with Crippen molar-refractivity contribution in [1.82, 2.24) is 15.0 Å². The number of fused-ring (bicyclic) bond motifs is 4. The molecule has 3 heterocycles. The van der Waals surface area contributed by atoms with Crippen LogP contribution >= 0.6 is 0 Å². The van der Waals surface area contributed by atoms with Gasteiger partial charge in [0.15, 0.2) is 0 Å². The van der Waals surface area contributed by atoms with Crippen LogP contribution in [0.15, 0.2) is 42.7 Å². The van der Waals surface area contributed by atoms with Crippen molar-refractivity contribution >= 4 is 11.5 Å². The molecule has 6 rings (SSSR count). The maximum absolute atomic E-state index is 6.17. The van der Waals surface area contributed by atoms with Crippen LogP contribution in [0.1, 0.15) is 11.3 Å². The number of hydrogen-bond donors (Lipinski definition) is 2. The fourth-order valence-corrected chi connectivity index (χ4v) is 4.82. The van der Waals surface area contributed by atoms with Crippen LogP contribution in [0.25, 0.3) is 11.1 Å². The number of pyridine rings is 1. The predicted octanol–water partition coefficient (Wildman–Crippen LogP) is 2.67. The van der Waals surface area contributed by atoms with E-state index < -0.39 is 0 Å². The first kappa shape index (κ1) is 16.7. The molecule has 1 saturated heterocycles. The van der Waals surface area contributed by atoms with Crippen LogP contribution in [-0.2, 0) is 6.42 Å². The molecule has 0 radical (unpaired) electrons. The van der Waals surface area contributed by atoms with Gasteiger partial charge in [0.05, 0.1) is 11.9 Å². The van der Waals surface area contributed by atoms with Gasteiger partial charge in [0.2, 0.25) is 0 Å². The number of hydrogen-bond acceptors (Lipinski definition) is 7. The molecule has 146 valence electrons. The zero-order valence-corrected chi connectivity index (χ0v) is 16.2. The van der Waals surface area contributed by atoms with Crippen LogP contribution in [0, 0.1) is 11.8 Å². The highest BCUT2D eigenvalue weighted by Gasteiger charge is 2.54. The Balaban J connectivity index is 1.46. The first-order valence-electron chi connectivity index (χ1n) is 10.0. The summed E-state index contributed by atoms with van der Waals surface area (Å²) in [6.45, 7) is 1.89. The van der Waals surface area contributed by atoms with E-state index in [0.29, 0.717) is 29.6 Å². The van der Waals surface area contributed by atoms with Crippen LogP contribution < -0.4 is 20.7 Å². The first-order chi connectivity index (χ1) is 14.2. The fourth-order valence-electron chi connectivity index (χ4n) is 4.82. The number of benzene rings is 1. The molecule has 1 aliphatic heterocycles. The number of anilines is 2. The monoisotopic (exact) mass is 386 g/mol. The Labute approximate surface area is 169 Å². The third kappa shape index (κ3) is 2.57. The Hall–Kier alpha value is -3.19. The van der Waals surface area contributed by atoms with E-state index in [2.05, 4.69) is 33.4 Å². The second kappa shape index (κ2) is 6.15. The third-order valence-corrected chi connectivity index (χ3v) is 6.41. The normalized spacial score (nSPS) is 23.4. The van der Waals surface area contributed by atoms with E-state index in [4.69, 9.17) is 20.4 Å². The second-order valence-electron chi connectivity index (χ2n) is 8.01. The standard InChI is InChI=1S/C22H22N6O/c1-24-17-6-2-5-13-14(17)8-18-19(13)21(28-10-15-16(11-28)20(15)23)27-22(26-18)29-12-4-3-7-25-9-12/h2-7,9,15-16,20,24H,8,10-11,23H2,1H3. The van der Waals surface area contributed by atoms with Crippen LogP contribution in [0.3, 0.4) is 0 Å². The maximum atomic E-state index is 6.17. The fraction of sp³-hybridized carbons (Fsp3) is 0.318. The Bertz CT molecular complexity index is 1090. The van der Waals surface area contributed by atoms with E-state index >= 15 is 0 Å². The highest BCUT2D eigenvalue weighted by Crippen LogP contribution is 2.50. The summed E-state index contributed by atoms with van der Waals surface area (Å²) in [6, 6.07) is 10.8. The lowest BCUT2D eigenvalue weighted by Gasteiger charge is -2.23. The van der Waals surface area contributed by atoms with Gasteiger partial charge in [-0.3, -0.25) is 4.98 Å². The van der Waals surface area contributed by atoms with E-state index in [1.165, 1.54) is 11.1 Å². The van der Waals surface area contributed by atoms with Crippen molar-refractivity contribution in [3.8, 4) is 22.9 Å². The number of ether oxygens (including phenoxy) is 1. The van der Waals surface area contributed by atoms with Crippen molar-refractivity contribution in [3.05, 3.63) is 54.0 Å². The van der Waals surface area contributed by atoms with Crippen LogP contribution in [-0.4, -0.2) is 41.1 Å². The third-order valence-electron chi connectivity index (χ3n) is 6.41. The molecule has 7 nitrogen and oxygen atoms in total. The van der Waals surface area contributed by atoms with Crippen molar-refractivity contribution in [2.75, 3.05) is 30.4 Å². The number of piperidine rings is 1. The summed E-state index contributed by atoms with van der Waals surface area (Å²) in [5.41, 5.74) is 11.9. The molecule has 29 heavy (non-hydrogen) atoms. The van der Waals surface area contributed by atoms with E-state index in [9.17, 15) is 0 Å². The molecule has 1 aromatic carbocycles. The molecule has 0 spiro atoms. The van der Waals surface area contributed by atoms with Crippen LogP contribution in [0.2, 0.25) is 0 Å². The van der Waals surface area contributed by atoms with Gasteiger partial charge in [-0.1, -0.05) is 12.1 Å². The highest BCUT2D eigenvalue weighted by atomic mass is 16.5. The second-order valence-corrected chi connectivity index (χ2v) is 8.01. The molecular formula is C22H22N6O. The Kier molecular flexibility index (Phi) is 3.55. The summed E-state index contributed by atoms with van der Waals surface area (Å²) in [4.78, 5) is 16.1. The summed E-state index contributed by atoms with van der Waals surface area (Å²) < 4.78 is 5.97. The molecule has 2 atom stereocenters. The summed E-state index contributed by atoms with van der Waals surface area (Å²) in [5.74, 6) is 2.75. The summed E-state index contributed by atoms with van der Waals surface area (Å²) in [7, 11) is 1.96. The number of nitrogens with zero attached hydrogens (tertiary/aromatic N) is 4. The molecule has 1 saturated carbocycles. The molecule has 2 aliphatic carbocycles. The summed E-state index contributed by atoms with van der Waals surface area (Å²) in [6.07, 6.45) is 4.16. The minimum absolute atomic E-state index is 0.343. The van der Waals surface area contributed by atoms with Gasteiger partial charge in [-0.2, -0.15) is 9.97 Å². The van der Waals surface area contributed by atoms with Gasteiger partial charge in [-0.05, 0) is 41.2 Å². The minimum atomic E-state index is 0.343. The van der Waals surface area contributed by atoms with Gasteiger partial charge in [0, 0.05) is 50.0 Å². The van der Waals surface area contributed by atoms with Gasteiger partial charge in [0.1, 0.15) is 11.6 Å². The predicted molar refractivity (Wildman–Crippen MR) is 111 cm³/mol. The number of aromatic nitrogens is 3. The first-order valence-corrected chi connectivity index (χ1v) is 10.0. The van der Waals surface area contributed by atoms with E-state index in [0.717, 1.165) is 42.3 Å². The summed E-state index contributed by atoms with van der Waals surface area (Å²) >= 11 is 0. The minimum Gasteiger partial charge on any atom is -0.423 e. The van der Waals surface area contributed by atoms with Gasteiger partial charge >= 0.3 is 6.01 Å². The molecule has 0 amide bonds. The van der Waals surface area contributed by atoms with Crippen molar-refractivity contribution in [1.29, 1.82) is 0 Å². The maximum Gasteiger partial charge on any atom is 0.324 e. The average Bonchev–Trinajstić information content (AvgIpc) is 3.12. The topological polar surface area (TPSA) is 89.2 Å². The quantitative estimate of drug-likeness (QED) is 0.557. The van der Waals surface area contributed by atoms with Crippen molar-refractivity contribution in [2.45, 2.75) is 12.5 Å². The molecule has 2 unspecified atom stereocenters. The van der Waals surface area contributed by atoms with Gasteiger partial charge in [0.25, 0.3) is 0 Å². The van der Waals surface area contributed by atoms with Gasteiger partial charge in [-0.15, -0.1) is 0 Å². The molecular weight excluding hydrogens is 364 g/mol. The zero-order chi connectivity index (χ0) is 19.5. The zero-order valence-electron chi connectivity index (χ0n) is 16.2. The van der Waals surface area contributed by atoms with Crippen molar-refractivity contribution in [3.63, 3.8) is 0 Å². The molecule has 3 aliphatic rings. The van der Waals surface area contributed by atoms with Crippen molar-refractivity contribution < 1.29 is 4.74 Å². The highest BCUT2D eigenvalue weighted by molar-refractivity contribution is 5.88. The van der Waals surface area contributed by atoms with E-state index in [1.807, 2.05) is 19.2 Å². The number of rotatable bonds is 4. The summed E-state index contributed by atoms with van der Waals surface area (Å²) in [5, 5.41) is 3.31. The molecule has 2 aromatic heterocycles. The number of nitrogens with two attached hydrogens (primary N) is 1. The molecule has 2 fully saturated rings. The van der Waals surface area contributed by atoms with Crippen LogP contribution in [0.5, 0.6) is 11.8 Å². The van der Waals surface area contributed by atoms with Crippen molar-refractivity contribution in [2.24, 2.45) is 17.6 Å². The Morgan fingerprint density at radius 3 is 2.76 bits per heavy atom. The average molecular weight is 386 g/mol. The molecule has 0 bridgehead atoms. The molecule has 3 aromatic rings. The van der Waals surface area contributed by atoms with E-state index in [1.54, 1.807) is 12.4 Å². The molecule has 3 N–H and O–H groups in total. The molecule has 7 heteroatoms. The smallest absolute Gasteiger partial charge is 0.324 e. The Morgan fingerprint density at radius 2 is 2.00 bits per heavy atom. The lowest BCUT2D eigenvalue weighted by atomic mass is 10.1. The van der Waals surface area contributed by atoms with Gasteiger partial charge < -0.3 is 20.7 Å².